The summed E-state index contributed by atoms with van der Waals surface area (Å²) in [6, 6.07) is 23.2. The second-order valence-electron chi connectivity index (χ2n) is 5.57. The summed E-state index contributed by atoms with van der Waals surface area (Å²) in [6.45, 7) is 0. The molecule has 0 unspecified atom stereocenters. The Balaban J connectivity index is 1.90. The van der Waals surface area contributed by atoms with Gasteiger partial charge < -0.3 is 4.74 Å². The first kappa shape index (κ1) is 14.3. The van der Waals surface area contributed by atoms with Crippen molar-refractivity contribution in [2.45, 2.75) is 0 Å². The molecule has 0 atom stereocenters. The average molecular weight is 363 g/mol. The molecule has 0 spiro atoms. The van der Waals surface area contributed by atoms with Crippen molar-refractivity contribution in [1.29, 1.82) is 0 Å². The molecule has 112 valence electrons. The van der Waals surface area contributed by atoms with Gasteiger partial charge in [-0.05, 0) is 63.7 Å². The third kappa shape index (κ3) is 2.49. The summed E-state index contributed by atoms with van der Waals surface area (Å²) in [5.41, 5.74) is 7.59. The fourth-order valence-electron chi connectivity index (χ4n) is 3.09. The minimum Gasteiger partial charge on any atom is -0.497 e. The van der Waals surface area contributed by atoms with E-state index in [0.717, 1.165) is 10.2 Å². The van der Waals surface area contributed by atoms with Gasteiger partial charge in [-0.25, -0.2) is 0 Å². The van der Waals surface area contributed by atoms with E-state index >= 15 is 0 Å². The maximum Gasteiger partial charge on any atom is 0.118 e. The van der Waals surface area contributed by atoms with E-state index in [0.29, 0.717) is 0 Å². The zero-order valence-corrected chi connectivity index (χ0v) is 14.3. The molecule has 1 nitrogen and oxygen atoms in total. The number of benzene rings is 3. The number of ether oxygens (including phenoxy) is 1. The monoisotopic (exact) mass is 362 g/mol. The molecule has 3 aromatic carbocycles. The second-order valence-corrected chi connectivity index (χ2v) is 6.48. The van der Waals surface area contributed by atoms with E-state index < -0.39 is 0 Å². The predicted octanol–water partition coefficient (Wildman–Crippen LogP) is 6.03. The van der Waals surface area contributed by atoms with Crippen LogP contribution in [0.1, 0.15) is 16.7 Å². The molecule has 0 radical (unpaired) electrons. The number of methoxy groups -OCH3 is 1. The van der Waals surface area contributed by atoms with Crippen molar-refractivity contribution >= 4 is 27.6 Å². The highest BCUT2D eigenvalue weighted by atomic mass is 79.9. The molecule has 0 saturated carbocycles. The molecule has 2 heteroatoms. The third-order valence-electron chi connectivity index (χ3n) is 4.21. The fourth-order valence-corrected chi connectivity index (χ4v) is 3.46. The predicted molar refractivity (Wildman–Crippen MR) is 99.5 cm³/mol. The first-order valence-corrected chi connectivity index (χ1v) is 8.31. The molecule has 0 N–H and O–H groups in total. The van der Waals surface area contributed by atoms with Crippen LogP contribution in [-0.2, 0) is 0 Å². The first-order valence-electron chi connectivity index (χ1n) is 7.52. The third-order valence-corrected chi connectivity index (χ3v) is 4.70. The topological polar surface area (TPSA) is 9.23 Å². The number of hydrogen-bond acceptors (Lipinski definition) is 1. The molecule has 0 aliphatic heterocycles. The standard InChI is InChI=1S/C21H15BrO/c1-23-16-9-6-14(7-10-16)12-20-18-5-3-2-4-17(18)19-11-8-15(22)13-21(19)20/h2-13H,1H3/b20-12+. The summed E-state index contributed by atoms with van der Waals surface area (Å²) in [7, 11) is 1.69. The Labute approximate surface area is 144 Å². The fraction of sp³-hybridized carbons (Fsp3) is 0.0476. The normalized spacial score (nSPS) is 13.7. The molecule has 0 heterocycles. The summed E-state index contributed by atoms with van der Waals surface area (Å²) in [4.78, 5) is 0. The zero-order valence-electron chi connectivity index (χ0n) is 12.7. The average Bonchev–Trinajstić information content (AvgIpc) is 2.89. The number of fused-ring (bicyclic) bond motifs is 3. The van der Waals surface area contributed by atoms with Crippen molar-refractivity contribution in [1.82, 2.24) is 0 Å². The maximum absolute atomic E-state index is 5.24. The van der Waals surface area contributed by atoms with Gasteiger partial charge in [0, 0.05) is 4.47 Å². The molecular formula is C21H15BrO. The molecule has 4 rings (SSSR count). The smallest absolute Gasteiger partial charge is 0.118 e. The Morgan fingerprint density at radius 1 is 0.783 bits per heavy atom. The van der Waals surface area contributed by atoms with Crippen LogP contribution in [0.15, 0.2) is 71.2 Å². The number of halogens is 1. The van der Waals surface area contributed by atoms with Crippen LogP contribution in [0.4, 0.5) is 0 Å². The van der Waals surface area contributed by atoms with Crippen LogP contribution in [0.3, 0.4) is 0 Å². The Bertz CT molecular complexity index is 907. The quantitative estimate of drug-likeness (QED) is 0.423. The van der Waals surface area contributed by atoms with Gasteiger partial charge in [0.25, 0.3) is 0 Å². The van der Waals surface area contributed by atoms with Crippen LogP contribution < -0.4 is 4.74 Å². The zero-order chi connectivity index (χ0) is 15.8. The minimum absolute atomic E-state index is 0.877. The van der Waals surface area contributed by atoms with Gasteiger partial charge in [-0.2, -0.15) is 0 Å². The summed E-state index contributed by atoms with van der Waals surface area (Å²) in [5.74, 6) is 0.877. The van der Waals surface area contributed by atoms with E-state index in [9.17, 15) is 0 Å². The Kier molecular flexibility index (Phi) is 3.55. The molecule has 0 aromatic heterocycles. The van der Waals surface area contributed by atoms with Gasteiger partial charge in [0.2, 0.25) is 0 Å². The summed E-state index contributed by atoms with van der Waals surface area (Å²) in [5, 5.41) is 0. The van der Waals surface area contributed by atoms with Crippen LogP contribution in [0.5, 0.6) is 5.75 Å². The lowest BCUT2D eigenvalue weighted by atomic mass is 10.0. The molecule has 0 fully saturated rings. The van der Waals surface area contributed by atoms with Crippen LogP contribution in [0.2, 0.25) is 0 Å². The van der Waals surface area contributed by atoms with E-state index in [1.54, 1.807) is 7.11 Å². The minimum atomic E-state index is 0.877. The van der Waals surface area contributed by atoms with E-state index in [1.165, 1.54) is 33.4 Å². The SMILES string of the molecule is COc1ccc(/C=C2\c3ccccc3-c3ccc(Br)cc32)cc1. The lowest BCUT2D eigenvalue weighted by Crippen LogP contribution is -1.84. The molecule has 3 aromatic rings. The van der Waals surface area contributed by atoms with Gasteiger partial charge in [0.1, 0.15) is 5.75 Å². The van der Waals surface area contributed by atoms with Crippen molar-refractivity contribution in [3.63, 3.8) is 0 Å². The second kappa shape index (κ2) is 5.71. The molecule has 23 heavy (non-hydrogen) atoms. The highest BCUT2D eigenvalue weighted by Crippen LogP contribution is 2.45. The molecule has 0 bridgehead atoms. The van der Waals surface area contributed by atoms with Crippen LogP contribution in [-0.4, -0.2) is 7.11 Å². The van der Waals surface area contributed by atoms with Crippen LogP contribution in [0, 0.1) is 0 Å². The molecule has 1 aliphatic rings. The summed E-state index contributed by atoms with van der Waals surface area (Å²) >= 11 is 3.60. The van der Waals surface area contributed by atoms with Gasteiger partial charge in [-0.15, -0.1) is 0 Å². The Morgan fingerprint density at radius 2 is 1.48 bits per heavy atom. The van der Waals surface area contributed by atoms with Crippen molar-refractivity contribution < 1.29 is 4.74 Å². The van der Waals surface area contributed by atoms with Crippen molar-refractivity contribution in [3.8, 4) is 16.9 Å². The van der Waals surface area contributed by atoms with Gasteiger partial charge in [-0.3, -0.25) is 0 Å². The van der Waals surface area contributed by atoms with Gasteiger partial charge in [0.05, 0.1) is 7.11 Å². The Morgan fingerprint density at radius 3 is 2.22 bits per heavy atom. The molecule has 1 aliphatic carbocycles. The van der Waals surface area contributed by atoms with Crippen molar-refractivity contribution in [2.24, 2.45) is 0 Å². The number of rotatable bonds is 2. The van der Waals surface area contributed by atoms with E-state index in [1.807, 2.05) is 12.1 Å². The van der Waals surface area contributed by atoms with Gasteiger partial charge >= 0.3 is 0 Å². The van der Waals surface area contributed by atoms with E-state index in [4.69, 9.17) is 4.74 Å². The first-order chi connectivity index (χ1) is 11.3. The molecule has 0 saturated heterocycles. The van der Waals surface area contributed by atoms with E-state index in [-0.39, 0.29) is 0 Å². The largest absolute Gasteiger partial charge is 0.497 e. The van der Waals surface area contributed by atoms with E-state index in [2.05, 4.69) is 76.6 Å². The lowest BCUT2D eigenvalue weighted by molar-refractivity contribution is 0.415. The van der Waals surface area contributed by atoms with Crippen molar-refractivity contribution in [3.05, 3.63) is 87.9 Å². The highest BCUT2D eigenvalue weighted by molar-refractivity contribution is 9.10. The van der Waals surface area contributed by atoms with Gasteiger partial charge in [0.15, 0.2) is 0 Å². The lowest BCUT2D eigenvalue weighted by Gasteiger charge is -2.05. The summed E-state index contributed by atoms with van der Waals surface area (Å²) < 4.78 is 6.34. The van der Waals surface area contributed by atoms with Crippen LogP contribution >= 0.6 is 15.9 Å². The molecular weight excluding hydrogens is 348 g/mol. The van der Waals surface area contributed by atoms with Crippen LogP contribution in [0.25, 0.3) is 22.8 Å². The number of hydrogen-bond donors (Lipinski definition) is 0. The van der Waals surface area contributed by atoms with Crippen molar-refractivity contribution in [2.75, 3.05) is 7.11 Å². The highest BCUT2D eigenvalue weighted by Gasteiger charge is 2.22. The molecule has 0 amide bonds. The summed E-state index contributed by atoms with van der Waals surface area (Å²) in [6.07, 6.45) is 2.25. The Hall–Kier alpha value is -2.32. The van der Waals surface area contributed by atoms with Gasteiger partial charge in [-0.1, -0.05) is 58.4 Å². The maximum atomic E-state index is 5.24.